The van der Waals surface area contributed by atoms with Gasteiger partial charge in [-0.3, -0.25) is 4.79 Å². The summed E-state index contributed by atoms with van der Waals surface area (Å²) in [7, 11) is 0. The molecule has 0 aliphatic rings. The summed E-state index contributed by atoms with van der Waals surface area (Å²) in [5.74, 6) is 0.409. The van der Waals surface area contributed by atoms with Gasteiger partial charge in [0.25, 0.3) is 5.91 Å². The molecule has 1 rings (SSSR count). The molecule has 0 radical (unpaired) electrons. The molecule has 0 aliphatic carbocycles. The molecule has 108 valence electrons. The Morgan fingerprint density at radius 3 is 2.58 bits per heavy atom. The zero-order valence-electron chi connectivity index (χ0n) is 11.6. The fourth-order valence-corrected chi connectivity index (χ4v) is 2.46. The second-order valence-electron chi connectivity index (χ2n) is 5.33. The van der Waals surface area contributed by atoms with Crippen molar-refractivity contribution in [1.29, 1.82) is 0 Å². The molecule has 1 unspecified atom stereocenters. The van der Waals surface area contributed by atoms with Crippen LogP contribution in [-0.4, -0.2) is 18.0 Å². The lowest BCUT2D eigenvalue weighted by molar-refractivity contribution is 0.0898. The van der Waals surface area contributed by atoms with Crippen LogP contribution in [0.25, 0.3) is 0 Å². The van der Waals surface area contributed by atoms with E-state index < -0.39 is 0 Å². The highest BCUT2D eigenvalue weighted by atomic mass is 79.9. The van der Waals surface area contributed by atoms with Crippen LogP contribution in [-0.2, 0) is 0 Å². The molecule has 0 saturated carbocycles. The zero-order chi connectivity index (χ0) is 13.8. The van der Waals surface area contributed by atoms with Gasteiger partial charge in [0, 0.05) is 22.1 Å². The Bertz CT molecular complexity index is 426. The van der Waals surface area contributed by atoms with E-state index in [4.69, 9.17) is 5.73 Å². The van der Waals surface area contributed by atoms with Gasteiger partial charge in [0.1, 0.15) is 0 Å². The van der Waals surface area contributed by atoms with Gasteiger partial charge < -0.3 is 11.1 Å². The van der Waals surface area contributed by atoms with E-state index in [9.17, 15) is 4.79 Å². The molecule has 0 heterocycles. The molecule has 0 bridgehead atoms. The summed E-state index contributed by atoms with van der Waals surface area (Å²) in [6, 6.07) is 7.35. The number of amides is 1. The van der Waals surface area contributed by atoms with Crippen LogP contribution in [0.4, 0.5) is 0 Å². The molecule has 0 fully saturated rings. The molecule has 1 aromatic rings. The standard InChI is InChI=1S/C14H21BrN2O.ClH/c1-10(2)8-14(3,9-16)17-13(18)11-5-4-6-12(15)7-11;/h4-7,10H,8-9,16H2,1-3H3,(H,17,18);1H. The first-order valence-electron chi connectivity index (χ1n) is 6.14. The van der Waals surface area contributed by atoms with Crippen molar-refractivity contribution in [2.24, 2.45) is 11.7 Å². The number of rotatable bonds is 5. The molecule has 0 aliphatic heterocycles. The van der Waals surface area contributed by atoms with Crippen molar-refractivity contribution in [2.75, 3.05) is 6.54 Å². The third kappa shape index (κ3) is 5.93. The molecule has 1 aromatic carbocycles. The molecular formula is C14H22BrClN2O. The zero-order valence-corrected chi connectivity index (χ0v) is 14.0. The van der Waals surface area contributed by atoms with Crippen molar-refractivity contribution >= 4 is 34.2 Å². The van der Waals surface area contributed by atoms with Crippen molar-refractivity contribution in [3.8, 4) is 0 Å². The summed E-state index contributed by atoms with van der Waals surface area (Å²) in [5, 5.41) is 3.03. The van der Waals surface area contributed by atoms with Crippen LogP contribution in [0.1, 0.15) is 37.6 Å². The number of benzene rings is 1. The quantitative estimate of drug-likeness (QED) is 0.856. The molecule has 1 atom stereocenters. The van der Waals surface area contributed by atoms with Crippen LogP contribution in [0.2, 0.25) is 0 Å². The van der Waals surface area contributed by atoms with Crippen LogP contribution in [0.3, 0.4) is 0 Å². The average molecular weight is 350 g/mol. The Labute approximate surface area is 129 Å². The predicted molar refractivity (Wildman–Crippen MR) is 85.8 cm³/mol. The second kappa shape index (κ2) is 7.88. The minimum absolute atomic E-state index is 0. The summed E-state index contributed by atoms with van der Waals surface area (Å²) < 4.78 is 0.897. The lowest BCUT2D eigenvalue weighted by Crippen LogP contribution is -2.52. The van der Waals surface area contributed by atoms with Gasteiger partial charge in [-0.1, -0.05) is 35.8 Å². The van der Waals surface area contributed by atoms with Crippen LogP contribution in [0, 0.1) is 5.92 Å². The van der Waals surface area contributed by atoms with E-state index in [2.05, 4.69) is 35.1 Å². The first-order valence-corrected chi connectivity index (χ1v) is 6.94. The van der Waals surface area contributed by atoms with E-state index in [1.165, 1.54) is 0 Å². The Kier molecular flexibility index (Phi) is 7.64. The summed E-state index contributed by atoms with van der Waals surface area (Å²) in [6.45, 7) is 6.67. The molecule has 3 N–H and O–H groups in total. The highest BCUT2D eigenvalue weighted by Gasteiger charge is 2.26. The largest absolute Gasteiger partial charge is 0.346 e. The Balaban J connectivity index is 0.00000324. The fourth-order valence-electron chi connectivity index (χ4n) is 2.06. The number of carbonyl (C=O) groups is 1. The monoisotopic (exact) mass is 348 g/mol. The van der Waals surface area contributed by atoms with E-state index >= 15 is 0 Å². The first kappa shape index (κ1) is 18.4. The number of hydrogen-bond donors (Lipinski definition) is 2. The highest BCUT2D eigenvalue weighted by Crippen LogP contribution is 2.17. The van der Waals surface area contributed by atoms with Gasteiger partial charge in [0.2, 0.25) is 0 Å². The topological polar surface area (TPSA) is 55.1 Å². The third-order valence-electron chi connectivity index (χ3n) is 2.81. The van der Waals surface area contributed by atoms with Gasteiger partial charge in [0.15, 0.2) is 0 Å². The van der Waals surface area contributed by atoms with Crippen LogP contribution in [0.15, 0.2) is 28.7 Å². The van der Waals surface area contributed by atoms with Crippen molar-refractivity contribution in [1.82, 2.24) is 5.32 Å². The van der Waals surface area contributed by atoms with Gasteiger partial charge in [0.05, 0.1) is 0 Å². The maximum atomic E-state index is 12.2. The van der Waals surface area contributed by atoms with Gasteiger partial charge in [-0.15, -0.1) is 12.4 Å². The summed E-state index contributed by atoms with van der Waals surface area (Å²) in [5.41, 5.74) is 6.08. The first-order chi connectivity index (χ1) is 8.36. The van der Waals surface area contributed by atoms with Gasteiger partial charge >= 0.3 is 0 Å². The Morgan fingerprint density at radius 2 is 2.11 bits per heavy atom. The van der Waals surface area contributed by atoms with E-state index in [1.54, 1.807) is 6.07 Å². The molecular weight excluding hydrogens is 328 g/mol. The lowest BCUT2D eigenvalue weighted by Gasteiger charge is -2.31. The second-order valence-corrected chi connectivity index (χ2v) is 6.24. The van der Waals surface area contributed by atoms with Gasteiger partial charge in [-0.25, -0.2) is 0 Å². The van der Waals surface area contributed by atoms with Crippen molar-refractivity contribution in [3.63, 3.8) is 0 Å². The maximum absolute atomic E-state index is 12.2. The third-order valence-corrected chi connectivity index (χ3v) is 3.30. The number of nitrogens with two attached hydrogens (primary N) is 1. The summed E-state index contributed by atoms with van der Waals surface area (Å²) in [6.07, 6.45) is 0.864. The number of hydrogen-bond acceptors (Lipinski definition) is 2. The minimum Gasteiger partial charge on any atom is -0.346 e. The molecule has 3 nitrogen and oxygen atoms in total. The van der Waals surface area contributed by atoms with Crippen LogP contribution < -0.4 is 11.1 Å². The van der Waals surface area contributed by atoms with E-state index in [1.807, 2.05) is 25.1 Å². The fraction of sp³-hybridized carbons (Fsp3) is 0.500. The molecule has 0 spiro atoms. The van der Waals surface area contributed by atoms with Crippen molar-refractivity contribution in [2.45, 2.75) is 32.7 Å². The van der Waals surface area contributed by atoms with Gasteiger partial charge in [-0.2, -0.15) is 0 Å². The number of carbonyl (C=O) groups excluding carboxylic acids is 1. The van der Waals surface area contributed by atoms with Crippen molar-refractivity contribution in [3.05, 3.63) is 34.3 Å². The molecule has 0 aromatic heterocycles. The van der Waals surface area contributed by atoms with Crippen molar-refractivity contribution < 1.29 is 4.79 Å². The van der Waals surface area contributed by atoms with Crippen LogP contribution >= 0.6 is 28.3 Å². The molecule has 19 heavy (non-hydrogen) atoms. The minimum atomic E-state index is -0.354. The Morgan fingerprint density at radius 1 is 1.47 bits per heavy atom. The molecule has 1 amide bonds. The van der Waals surface area contributed by atoms with E-state index in [-0.39, 0.29) is 23.9 Å². The summed E-state index contributed by atoms with van der Waals surface area (Å²) in [4.78, 5) is 12.2. The highest BCUT2D eigenvalue weighted by molar-refractivity contribution is 9.10. The maximum Gasteiger partial charge on any atom is 0.251 e. The number of nitrogens with one attached hydrogen (secondary N) is 1. The van der Waals surface area contributed by atoms with Crippen LogP contribution in [0.5, 0.6) is 0 Å². The summed E-state index contributed by atoms with van der Waals surface area (Å²) >= 11 is 3.36. The predicted octanol–water partition coefficient (Wildman–Crippen LogP) is 3.36. The molecule has 5 heteroatoms. The van der Waals surface area contributed by atoms with E-state index in [0.717, 1.165) is 10.9 Å². The lowest BCUT2D eigenvalue weighted by atomic mass is 9.90. The van der Waals surface area contributed by atoms with Gasteiger partial charge in [-0.05, 0) is 37.5 Å². The molecule has 0 saturated heterocycles. The normalized spacial score (nSPS) is 13.6. The smallest absolute Gasteiger partial charge is 0.251 e. The van der Waals surface area contributed by atoms with E-state index in [0.29, 0.717) is 18.0 Å². The Hall–Kier alpha value is -0.580. The SMILES string of the molecule is CC(C)CC(C)(CN)NC(=O)c1cccc(Br)c1.Cl. The number of halogens is 2. The average Bonchev–Trinajstić information content (AvgIpc) is 2.27.